The van der Waals surface area contributed by atoms with E-state index in [2.05, 4.69) is 46.3 Å². The number of hydrogen-bond acceptors (Lipinski definition) is 6. The van der Waals surface area contributed by atoms with Crippen LogP contribution in [-0.2, 0) is 12.8 Å². The molecule has 28 heavy (non-hydrogen) atoms. The van der Waals surface area contributed by atoms with Crippen molar-refractivity contribution in [3.8, 4) is 0 Å². The molecule has 3 aromatic heterocycles. The minimum absolute atomic E-state index is 0.352. The van der Waals surface area contributed by atoms with Crippen LogP contribution >= 0.6 is 11.3 Å². The Labute approximate surface area is 170 Å². The van der Waals surface area contributed by atoms with Crippen LogP contribution in [0.25, 0.3) is 10.2 Å². The van der Waals surface area contributed by atoms with Crippen molar-refractivity contribution < 1.29 is 0 Å². The van der Waals surface area contributed by atoms with Gasteiger partial charge < -0.3 is 0 Å². The lowest BCUT2D eigenvalue weighted by Crippen LogP contribution is -2.28. The summed E-state index contributed by atoms with van der Waals surface area (Å²) >= 11 is 1.82. The van der Waals surface area contributed by atoms with E-state index in [9.17, 15) is 0 Å². The molecule has 146 valence electrons. The molecule has 0 fully saturated rings. The van der Waals surface area contributed by atoms with Crippen LogP contribution in [-0.4, -0.2) is 20.7 Å². The highest BCUT2D eigenvalue weighted by Gasteiger charge is 2.33. The van der Waals surface area contributed by atoms with Crippen LogP contribution in [0.5, 0.6) is 0 Å². The number of aromatic nitrogens is 3. The van der Waals surface area contributed by atoms with Crippen LogP contribution < -0.4 is 5.43 Å². The van der Waals surface area contributed by atoms with Gasteiger partial charge in [-0.1, -0.05) is 27.2 Å². The summed E-state index contributed by atoms with van der Waals surface area (Å²) in [5, 5.41) is 5.74. The minimum Gasteiger partial charge on any atom is -0.265 e. The maximum absolute atomic E-state index is 4.58. The summed E-state index contributed by atoms with van der Waals surface area (Å²) in [6.07, 6.45) is 9.90. The highest BCUT2D eigenvalue weighted by atomic mass is 32.1. The van der Waals surface area contributed by atoms with Crippen molar-refractivity contribution in [3.05, 3.63) is 46.9 Å². The number of thiophene rings is 1. The molecule has 0 saturated heterocycles. The number of hydrogen-bond donors (Lipinski definition) is 1. The zero-order valence-electron chi connectivity index (χ0n) is 17.0. The third-order valence-electron chi connectivity index (χ3n) is 6.29. The summed E-state index contributed by atoms with van der Waals surface area (Å²) in [5.41, 5.74) is 6.95. The van der Waals surface area contributed by atoms with Crippen LogP contribution in [0.1, 0.15) is 56.5 Å². The van der Waals surface area contributed by atoms with Gasteiger partial charge in [-0.3, -0.25) is 10.4 Å². The Balaban J connectivity index is 1.68. The molecule has 1 aliphatic carbocycles. The molecule has 0 aromatic carbocycles. The van der Waals surface area contributed by atoms with E-state index < -0.39 is 0 Å². The van der Waals surface area contributed by atoms with Gasteiger partial charge in [0.25, 0.3) is 0 Å². The summed E-state index contributed by atoms with van der Waals surface area (Å²) in [7, 11) is 0. The van der Waals surface area contributed by atoms with E-state index in [1.54, 1.807) is 18.7 Å². The van der Waals surface area contributed by atoms with Gasteiger partial charge in [0.2, 0.25) is 0 Å². The number of rotatable bonds is 5. The summed E-state index contributed by atoms with van der Waals surface area (Å²) in [5.74, 6) is 1.50. The second-order valence-corrected chi connectivity index (χ2v) is 9.32. The molecule has 0 bridgehead atoms. The average molecular weight is 394 g/mol. The summed E-state index contributed by atoms with van der Waals surface area (Å²) < 4.78 is 0. The quantitative estimate of drug-likeness (QED) is 0.461. The zero-order valence-corrected chi connectivity index (χ0v) is 17.8. The summed E-state index contributed by atoms with van der Waals surface area (Å²) in [6.45, 7) is 9.09. The molecule has 0 amide bonds. The number of nitrogens with zero attached hydrogens (tertiary/aromatic N) is 4. The Morgan fingerprint density at radius 1 is 1.29 bits per heavy atom. The first kappa shape index (κ1) is 19.0. The zero-order chi connectivity index (χ0) is 19.7. The van der Waals surface area contributed by atoms with Crippen LogP contribution in [0.3, 0.4) is 0 Å². The maximum atomic E-state index is 4.58. The van der Waals surface area contributed by atoms with Crippen molar-refractivity contribution >= 4 is 33.1 Å². The second kappa shape index (κ2) is 7.59. The van der Waals surface area contributed by atoms with Crippen LogP contribution in [0.15, 0.2) is 36.0 Å². The third-order valence-corrected chi connectivity index (χ3v) is 7.48. The van der Waals surface area contributed by atoms with Crippen molar-refractivity contribution in [2.24, 2.45) is 16.4 Å². The molecule has 1 N–H and O–H groups in total. The Kier molecular flexibility index (Phi) is 5.15. The Bertz CT molecular complexity index is 1010. The van der Waals surface area contributed by atoms with Crippen molar-refractivity contribution in [1.29, 1.82) is 0 Å². The van der Waals surface area contributed by atoms with E-state index in [1.165, 1.54) is 23.3 Å². The van der Waals surface area contributed by atoms with E-state index in [4.69, 9.17) is 0 Å². The first-order chi connectivity index (χ1) is 13.5. The highest BCUT2D eigenvalue weighted by Crippen LogP contribution is 2.45. The number of nitrogens with one attached hydrogen (secondary N) is 1. The lowest BCUT2D eigenvalue weighted by atomic mass is 9.69. The van der Waals surface area contributed by atoms with Crippen LogP contribution in [0.2, 0.25) is 0 Å². The van der Waals surface area contributed by atoms with Gasteiger partial charge in [-0.05, 0) is 55.2 Å². The van der Waals surface area contributed by atoms with Gasteiger partial charge in [0, 0.05) is 22.8 Å². The number of fused-ring (bicyclic) bond motifs is 3. The first-order valence-electron chi connectivity index (χ1n) is 9.95. The topological polar surface area (TPSA) is 63.1 Å². The number of anilines is 1. The fourth-order valence-corrected chi connectivity index (χ4v) is 5.13. The molecule has 1 aliphatic rings. The van der Waals surface area contributed by atoms with Gasteiger partial charge in [0.15, 0.2) is 5.82 Å². The van der Waals surface area contributed by atoms with Gasteiger partial charge in [0.05, 0.1) is 11.1 Å². The molecule has 1 unspecified atom stereocenters. The van der Waals surface area contributed by atoms with Gasteiger partial charge >= 0.3 is 0 Å². The first-order valence-corrected chi connectivity index (χ1v) is 10.8. The van der Waals surface area contributed by atoms with Crippen molar-refractivity contribution in [3.63, 3.8) is 0 Å². The SMILES string of the molecule is CCC(C)(C)C1CCc2sc3ncnc(NN=C(C)c4ccncc4)c3c2C1. The molecule has 4 rings (SSSR count). The Hall–Kier alpha value is -2.34. The highest BCUT2D eigenvalue weighted by molar-refractivity contribution is 7.19. The van der Waals surface area contributed by atoms with Crippen molar-refractivity contribution in [2.45, 2.75) is 53.4 Å². The lowest BCUT2D eigenvalue weighted by molar-refractivity contribution is 0.184. The van der Waals surface area contributed by atoms with Crippen molar-refractivity contribution in [2.75, 3.05) is 5.43 Å². The molecule has 0 radical (unpaired) electrons. The van der Waals surface area contributed by atoms with Gasteiger partial charge in [-0.15, -0.1) is 11.3 Å². The molecular weight excluding hydrogens is 366 g/mol. The molecule has 5 nitrogen and oxygen atoms in total. The van der Waals surface area contributed by atoms with E-state index in [-0.39, 0.29) is 0 Å². The summed E-state index contributed by atoms with van der Waals surface area (Å²) in [4.78, 5) is 15.7. The number of pyridine rings is 1. The monoisotopic (exact) mass is 393 g/mol. The normalized spacial score (nSPS) is 17.6. The smallest absolute Gasteiger partial charge is 0.158 e. The van der Waals surface area contributed by atoms with Gasteiger partial charge in [-0.25, -0.2) is 9.97 Å². The predicted octanol–water partition coefficient (Wildman–Crippen LogP) is 5.46. The fourth-order valence-electron chi connectivity index (χ4n) is 3.94. The molecule has 1 atom stereocenters. The lowest BCUT2D eigenvalue weighted by Gasteiger charge is -2.36. The third kappa shape index (κ3) is 3.53. The van der Waals surface area contributed by atoms with E-state index in [0.29, 0.717) is 11.3 Å². The Morgan fingerprint density at radius 2 is 2.07 bits per heavy atom. The molecule has 3 heterocycles. The maximum Gasteiger partial charge on any atom is 0.158 e. The second-order valence-electron chi connectivity index (χ2n) is 8.23. The van der Waals surface area contributed by atoms with Crippen LogP contribution in [0.4, 0.5) is 5.82 Å². The minimum atomic E-state index is 0.352. The van der Waals surface area contributed by atoms with Gasteiger partial charge in [0.1, 0.15) is 11.2 Å². The van der Waals surface area contributed by atoms with Crippen LogP contribution in [0, 0.1) is 11.3 Å². The standard InChI is InChI=1S/C22H27N5S/c1-5-22(3,4)16-6-7-18-17(12-16)19-20(24-13-25-21(19)28-18)27-26-14(2)15-8-10-23-11-9-15/h8-11,13,16H,5-7,12H2,1-4H3,(H,24,25,27). The predicted molar refractivity (Wildman–Crippen MR) is 117 cm³/mol. The molecule has 6 heteroatoms. The van der Waals surface area contributed by atoms with E-state index >= 15 is 0 Å². The Morgan fingerprint density at radius 3 is 2.82 bits per heavy atom. The van der Waals surface area contributed by atoms with E-state index in [0.717, 1.165) is 40.2 Å². The van der Waals surface area contributed by atoms with E-state index in [1.807, 2.05) is 30.4 Å². The number of aryl methyl sites for hydroxylation is 1. The largest absolute Gasteiger partial charge is 0.265 e. The van der Waals surface area contributed by atoms with Crippen molar-refractivity contribution in [1.82, 2.24) is 15.0 Å². The molecule has 0 saturated carbocycles. The molecule has 0 spiro atoms. The van der Waals surface area contributed by atoms with Gasteiger partial charge in [-0.2, -0.15) is 5.10 Å². The average Bonchev–Trinajstić information content (AvgIpc) is 3.11. The molecule has 0 aliphatic heterocycles. The summed E-state index contributed by atoms with van der Waals surface area (Å²) in [6, 6.07) is 3.92. The molecular formula is C22H27N5S. The number of hydrazone groups is 1. The fraction of sp³-hybridized carbons (Fsp3) is 0.455. The molecule has 3 aromatic rings.